The summed E-state index contributed by atoms with van der Waals surface area (Å²) < 4.78 is 7.27. The fraction of sp³-hybridized carbons (Fsp3) is 0.0909. The van der Waals surface area contributed by atoms with E-state index in [1.165, 1.54) is 0 Å². The van der Waals surface area contributed by atoms with Crippen molar-refractivity contribution in [1.29, 1.82) is 0 Å². The highest BCUT2D eigenvalue weighted by Crippen LogP contribution is 2.26. The Bertz CT molecular complexity index is 630. The molecule has 0 radical (unpaired) electrons. The van der Waals surface area contributed by atoms with Crippen LogP contribution in [0.2, 0.25) is 0 Å². The van der Waals surface area contributed by atoms with E-state index in [0.29, 0.717) is 0 Å². The standard InChI is InChI=1S/C11H9N3O/c1-15-10-6-11-13-12-7-14(11)9-5-3-2-4-8(9)10/h2-7H,1H3. The van der Waals surface area contributed by atoms with Crippen molar-refractivity contribution in [3.63, 3.8) is 0 Å². The molecule has 0 N–H and O–H groups in total. The Morgan fingerprint density at radius 2 is 2.13 bits per heavy atom. The average Bonchev–Trinajstić information content (AvgIpc) is 2.76. The molecule has 0 amide bonds. The lowest BCUT2D eigenvalue weighted by Gasteiger charge is -2.06. The molecule has 2 aromatic heterocycles. The van der Waals surface area contributed by atoms with Crippen LogP contribution >= 0.6 is 0 Å². The molecule has 2 heterocycles. The fourth-order valence-corrected chi connectivity index (χ4v) is 1.78. The molecule has 3 aromatic rings. The SMILES string of the molecule is COc1cc2nncn2c2ccccc12. The molecule has 74 valence electrons. The first kappa shape index (κ1) is 8.23. The normalized spacial score (nSPS) is 11.0. The lowest BCUT2D eigenvalue weighted by atomic mass is 10.2. The molecule has 0 atom stereocenters. The zero-order chi connectivity index (χ0) is 10.3. The minimum atomic E-state index is 0.797. The predicted molar refractivity (Wildman–Crippen MR) is 57.0 cm³/mol. The number of pyridine rings is 1. The molecule has 3 rings (SSSR count). The molecule has 0 saturated heterocycles. The van der Waals surface area contributed by atoms with E-state index in [1.54, 1.807) is 13.4 Å². The van der Waals surface area contributed by atoms with Crippen LogP contribution in [0, 0.1) is 0 Å². The van der Waals surface area contributed by atoms with Crippen molar-refractivity contribution in [3.05, 3.63) is 36.7 Å². The number of ether oxygens (including phenoxy) is 1. The van der Waals surface area contributed by atoms with Crippen LogP contribution in [-0.2, 0) is 0 Å². The van der Waals surface area contributed by atoms with Crippen LogP contribution in [0.25, 0.3) is 16.6 Å². The minimum Gasteiger partial charge on any atom is -0.496 e. The van der Waals surface area contributed by atoms with Gasteiger partial charge < -0.3 is 4.74 Å². The topological polar surface area (TPSA) is 39.4 Å². The Labute approximate surface area is 86.1 Å². The van der Waals surface area contributed by atoms with Crippen LogP contribution in [0.1, 0.15) is 0 Å². The highest BCUT2D eigenvalue weighted by molar-refractivity contribution is 5.88. The van der Waals surface area contributed by atoms with Gasteiger partial charge in [0.1, 0.15) is 12.1 Å². The van der Waals surface area contributed by atoms with Gasteiger partial charge in [0, 0.05) is 11.5 Å². The van der Waals surface area contributed by atoms with Crippen LogP contribution in [0.15, 0.2) is 36.7 Å². The summed E-state index contributed by atoms with van der Waals surface area (Å²) in [6.07, 6.45) is 1.71. The zero-order valence-electron chi connectivity index (χ0n) is 8.21. The van der Waals surface area contributed by atoms with Gasteiger partial charge in [0.25, 0.3) is 0 Å². The van der Waals surface area contributed by atoms with E-state index in [1.807, 2.05) is 34.7 Å². The van der Waals surface area contributed by atoms with Gasteiger partial charge in [0.2, 0.25) is 0 Å². The first-order valence-electron chi connectivity index (χ1n) is 4.65. The third kappa shape index (κ3) is 1.08. The van der Waals surface area contributed by atoms with Crippen LogP contribution in [0.3, 0.4) is 0 Å². The van der Waals surface area contributed by atoms with E-state index in [2.05, 4.69) is 10.2 Å². The Hall–Kier alpha value is -2.10. The number of rotatable bonds is 1. The smallest absolute Gasteiger partial charge is 0.164 e. The predicted octanol–water partition coefficient (Wildman–Crippen LogP) is 1.89. The summed E-state index contributed by atoms with van der Waals surface area (Å²) >= 11 is 0. The third-order valence-corrected chi connectivity index (χ3v) is 2.48. The van der Waals surface area contributed by atoms with E-state index >= 15 is 0 Å². The van der Waals surface area contributed by atoms with Crippen LogP contribution in [0.5, 0.6) is 5.75 Å². The highest BCUT2D eigenvalue weighted by atomic mass is 16.5. The summed E-state index contributed by atoms with van der Waals surface area (Å²) in [5.74, 6) is 0.825. The van der Waals surface area contributed by atoms with Gasteiger partial charge in [0.15, 0.2) is 5.65 Å². The fourth-order valence-electron chi connectivity index (χ4n) is 1.78. The van der Waals surface area contributed by atoms with E-state index in [0.717, 1.165) is 22.3 Å². The molecule has 15 heavy (non-hydrogen) atoms. The Kier molecular flexibility index (Phi) is 1.62. The van der Waals surface area contributed by atoms with Crippen molar-refractivity contribution in [3.8, 4) is 5.75 Å². The molecule has 0 saturated carbocycles. The lowest BCUT2D eigenvalue weighted by Crippen LogP contribution is -1.91. The maximum Gasteiger partial charge on any atom is 0.164 e. The molecule has 0 aliphatic rings. The molecule has 0 aliphatic carbocycles. The molecule has 4 nitrogen and oxygen atoms in total. The first-order valence-corrected chi connectivity index (χ1v) is 4.65. The van der Waals surface area contributed by atoms with Gasteiger partial charge in [-0.25, -0.2) is 0 Å². The van der Waals surface area contributed by atoms with Crippen molar-refractivity contribution in [2.75, 3.05) is 7.11 Å². The number of fused-ring (bicyclic) bond motifs is 3. The Morgan fingerprint density at radius 1 is 1.27 bits per heavy atom. The van der Waals surface area contributed by atoms with Gasteiger partial charge in [-0.15, -0.1) is 10.2 Å². The summed E-state index contributed by atoms with van der Waals surface area (Å²) in [4.78, 5) is 0. The molecular weight excluding hydrogens is 190 g/mol. The molecule has 0 unspecified atom stereocenters. The van der Waals surface area contributed by atoms with Gasteiger partial charge in [-0.2, -0.15) is 0 Å². The second-order valence-corrected chi connectivity index (χ2v) is 3.29. The number of benzene rings is 1. The number of para-hydroxylation sites is 1. The summed E-state index contributed by atoms with van der Waals surface area (Å²) in [7, 11) is 1.66. The monoisotopic (exact) mass is 199 g/mol. The van der Waals surface area contributed by atoms with E-state index in [4.69, 9.17) is 4.74 Å². The molecule has 4 heteroatoms. The quantitative estimate of drug-likeness (QED) is 0.600. The van der Waals surface area contributed by atoms with Gasteiger partial charge in [-0.1, -0.05) is 12.1 Å². The molecule has 1 aromatic carbocycles. The van der Waals surface area contributed by atoms with Gasteiger partial charge in [-0.3, -0.25) is 4.40 Å². The van der Waals surface area contributed by atoms with Crippen molar-refractivity contribution in [2.45, 2.75) is 0 Å². The largest absolute Gasteiger partial charge is 0.496 e. The van der Waals surface area contributed by atoms with E-state index in [9.17, 15) is 0 Å². The molecule has 0 spiro atoms. The van der Waals surface area contributed by atoms with E-state index in [-0.39, 0.29) is 0 Å². The second kappa shape index (κ2) is 2.95. The van der Waals surface area contributed by atoms with E-state index < -0.39 is 0 Å². The van der Waals surface area contributed by atoms with Gasteiger partial charge >= 0.3 is 0 Å². The van der Waals surface area contributed by atoms with Gasteiger partial charge in [-0.05, 0) is 12.1 Å². The van der Waals surface area contributed by atoms with Crippen molar-refractivity contribution in [2.24, 2.45) is 0 Å². The van der Waals surface area contributed by atoms with Gasteiger partial charge in [0.05, 0.1) is 12.6 Å². The number of nitrogens with zero attached hydrogens (tertiary/aromatic N) is 3. The summed E-state index contributed by atoms with van der Waals surface area (Å²) in [6, 6.07) is 9.90. The van der Waals surface area contributed by atoms with Crippen molar-refractivity contribution >= 4 is 16.6 Å². The maximum absolute atomic E-state index is 5.32. The first-order chi connectivity index (χ1) is 7.40. The Morgan fingerprint density at radius 3 is 3.00 bits per heavy atom. The highest BCUT2D eigenvalue weighted by Gasteiger charge is 2.06. The summed E-state index contributed by atoms with van der Waals surface area (Å²) in [5.41, 5.74) is 1.85. The second-order valence-electron chi connectivity index (χ2n) is 3.29. The zero-order valence-corrected chi connectivity index (χ0v) is 8.21. The Balaban J connectivity index is 2.58. The molecule has 0 fully saturated rings. The number of hydrogen-bond acceptors (Lipinski definition) is 3. The minimum absolute atomic E-state index is 0.797. The number of aromatic nitrogens is 3. The number of methoxy groups -OCH3 is 1. The van der Waals surface area contributed by atoms with Crippen LogP contribution in [-0.4, -0.2) is 21.7 Å². The summed E-state index contributed by atoms with van der Waals surface area (Å²) in [5, 5.41) is 8.96. The molecule has 0 aliphatic heterocycles. The number of hydrogen-bond donors (Lipinski definition) is 0. The molecular formula is C11H9N3O. The van der Waals surface area contributed by atoms with Crippen LogP contribution < -0.4 is 4.74 Å². The molecule has 0 bridgehead atoms. The summed E-state index contributed by atoms with van der Waals surface area (Å²) in [6.45, 7) is 0. The van der Waals surface area contributed by atoms with Crippen LogP contribution in [0.4, 0.5) is 0 Å². The maximum atomic E-state index is 5.32. The van der Waals surface area contributed by atoms with Crippen molar-refractivity contribution in [1.82, 2.24) is 14.6 Å². The third-order valence-electron chi connectivity index (χ3n) is 2.48. The van der Waals surface area contributed by atoms with Crippen molar-refractivity contribution < 1.29 is 4.74 Å². The lowest BCUT2D eigenvalue weighted by molar-refractivity contribution is 0.420. The average molecular weight is 199 g/mol.